The van der Waals surface area contributed by atoms with Crippen molar-refractivity contribution in [3.05, 3.63) is 42.5 Å². The van der Waals surface area contributed by atoms with Crippen LogP contribution >= 0.6 is 0 Å². The van der Waals surface area contributed by atoms with Crippen LogP contribution in [0.4, 0.5) is 0 Å². The molecule has 4 rings (SSSR count). The van der Waals surface area contributed by atoms with E-state index in [-0.39, 0.29) is 0 Å². The van der Waals surface area contributed by atoms with Crippen molar-refractivity contribution in [3.8, 4) is 5.69 Å². The Morgan fingerprint density at radius 2 is 1.92 bits per heavy atom. The van der Waals surface area contributed by atoms with Crippen molar-refractivity contribution in [1.29, 1.82) is 0 Å². The molecule has 0 unspecified atom stereocenters. The number of hydrogen-bond acceptors (Lipinski definition) is 5. The summed E-state index contributed by atoms with van der Waals surface area (Å²) in [6, 6.07) is 10.9. The molecule has 0 N–H and O–H groups in total. The highest BCUT2D eigenvalue weighted by Crippen LogP contribution is 2.24. The normalized spacial score (nSPS) is 26.0. The lowest BCUT2D eigenvalue weighted by molar-refractivity contribution is 0.0117. The van der Waals surface area contributed by atoms with Crippen molar-refractivity contribution in [2.24, 2.45) is 5.92 Å². The molecule has 24 heavy (non-hydrogen) atoms. The highest BCUT2D eigenvalue weighted by molar-refractivity contribution is 5.30. The van der Waals surface area contributed by atoms with Crippen molar-refractivity contribution in [1.82, 2.24) is 24.6 Å². The van der Waals surface area contributed by atoms with Crippen LogP contribution in [0.15, 0.2) is 36.7 Å². The summed E-state index contributed by atoms with van der Waals surface area (Å²) in [5, 5.41) is 4.41. The molecule has 1 aromatic carbocycles. The molecule has 128 valence electrons. The van der Waals surface area contributed by atoms with E-state index in [2.05, 4.69) is 38.9 Å². The third-order valence-electron chi connectivity index (χ3n) is 5.15. The Kier molecular flexibility index (Phi) is 4.60. The van der Waals surface area contributed by atoms with Gasteiger partial charge in [-0.3, -0.25) is 9.80 Å². The molecule has 0 bridgehead atoms. The van der Waals surface area contributed by atoms with Gasteiger partial charge in [0.2, 0.25) is 0 Å². The largest absolute Gasteiger partial charge is 0.379 e. The lowest BCUT2D eigenvalue weighted by Gasteiger charge is -2.34. The van der Waals surface area contributed by atoms with Crippen molar-refractivity contribution in [2.45, 2.75) is 19.5 Å². The van der Waals surface area contributed by atoms with E-state index in [1.165, 1.54) is 0 Å². The first-order chi connectivity index (χ1) is 11.8. The fourth-order valence-corrected chi connectivity index (χ4v) is 3.92. The molecular formula is C18H25N5O. The Hall–Kier alpha value is -1.76. The summed E-state index contributed by atoms with van der Waals surface area (Å²) in [6.07, 6.45) is 1.65. The highest BCUT2D eigenvalue weighted by atomic mass is 16.5. The van der Waals surface area contributed by atoms with Gasteiger partial charge in [-0.2, -0.15) is 5.10 Å². The van der Waals surface area contributed by atoms with Crippen LogP contribution in [-0.4, -0.2) is 70.0 Å². The fraction of sp³-hybridized carbons (Fsp3) is 0.556. The maximum absolute atomic E-state index is 5.49. The van der Waals surface area contributed by atoms with Gasteiger partial charge < -0.3 is 4.74 Å². The van der Waals surface area contributed by atoms with Gasteiger partial charge in [0.25, 0.3) is 0 Å². The molecule has 2 fully saturated rings. The molecule has 6 heteroatoms. The molecule has 0 saturated carbocycles. The minimum Gasteiger partial charge on any atom is -0.379 e. The van der Waals surface area contributed by atoms with Gasteiger partial charge in [0, 0.05) is 32.2 Å². The predicted octanol–water partition coefficient (Wildman–Crippen LogP) is 1.42. The van der Waals surface area contributed by atoms with Crippen LogP contribution in [0.2, 0.25) is 0 Å². The molecule has 6 nitrogen and oxygen atoms in total. The first kappa shape index (κ1) is 15.7. The summed E-state index contributed by atoms with van der Waals surface area (Å²) in [5.41, 5.74) is 1.07. The van der Waals surface area contributed by atoms with E-state index in [4.69, 9.17) is 4.74 Å². The number of ether oxygens (including phenoxy) is 1. The van der Waals surface area contributed by atoms with Crippen LogP contribution in [0.1, 0.15) is 12.7 Å². The number of benzene rings is 1. The van der Waals surface area contributed by atoms with E-state index in [0.29, 0.717) is 12.0 Å². The Morgan fingerprint density at radius 1 is 1.12 bits per heavy atom. The van der Waals surface area contributed by atoms with Gasteiger partial charge in [0.1, 0.15) is 12.2 Å². The van der Waals surface area contributed by atoms with Crippen LogP contribution in [0.25, 0.3) is 5.69 Å². The molecule has 3 heterocycles. The zero-order chi connectivity index (χ0) is 16.4. The van der Waals surface area contributed by atoms with E-state index in [1.54, 1.807) is 6.33 Å². The highest BCUT2D eigenvalue weighted by Gasteiger charge is 2.34. The van der Waals surface area contributed by atoms with Gasteiger partial charge in [-0.05, 0) is 18.1 Å². The first-order valence-electron chi connectivity index (χ1n) is 8.80. The number of nitrogens with zero attached hydrogens (tertiary/aromatic N) is 5. The maximum atomic E-state index is 5.49. The van der Waals surface area contributed by atoms with Crippen LogP contribution in [-0.2, 0) is 11.3 Å². The van der Waals surface area contributed by atoms with E-state index in [0.717, 1.165) is 57.4 Å². The molecule has 0 amide bonds. The Balaban J connectivity index is 1.44. The Morgan fingerprint density at radius 3 is 2.71 bits per heavy atom. The fourth-order valence-electron chi connectivity index (χ4n) is 3.92. The van der Waals surface area contributed by atoms with Crippen molar-refractivity contribution in [2.75, 3.05) is 39.4 Å². The minimum absolute atomic E-state index is 0.627. The molecule has 2 atom stereocenters. The van der Waals surface area contributed by atoms with Gasteiger partial charge in [-0.15, -0.1) is 0 Å². The van der Waals surface area contributed by atoms with Crippen LogP contribution in [0.5, 0.6) is 0 Å². The quantitative estimate of drug-likeness (QED) is 0.850. The summed E-state index contributed by atoms with van der Waals surface area (Å²) >= 11 is 0. The molecule has 2 aliphatic heterocycles. The summed E-state index contributed by atoms with van der Waals surface area (Å²) in [4.78, 5) is 9.60. The minimum atomic E-state index is 0.627. The summed E-state index contributed by atoms with van der Waals surface area (Å²) in [5.74, 6) is 1.69. The average molecular weight is 327 g/mol. The van der Waals surface area contributed by atoms with Crippen molar-refractivity contribution < 1.29 is 4.74 Å². The lowest BCUT2D eigenvalue weighted by atomic mass is 10.0. The average Bonchev–Trinajstić information content (AvgIpc) is 3.23. The van der Waals surface area contributed by atoms with Gasteiger partial charge in [-0.1, -0.05) is 25.1 Å². The Labute approximate surface area is 143 Å². The standard InChI is InChI=1S/C18H25N5O/c1-15-11-21(12-17(15)22-7-9-24-10-8-22)13-18-19-14-20-23(18)16-5-3-2-4-6-16/h2-6,14-15,17H,7-13H2,1H3/t15-,17+/m1/s1. The molecule has 0 aliphatic carbocycles. The monoisotopic (exact) mass is 327 g/mol. The second kappa shape index (κ2) is 7.01. The first-order valence-corrected chi connectivity index (χ1v) is 8.80. The smallest absolute Gasteiger partial charge is 0.146 e. The second-order valence-corrected chi connectivity index (χ2v) is 6.81. The van der Waals surface area contributed by atoms with Crippen LogP contribution in [0.3, 0.4) is 0 Å². The zero-order valence-corrected chi connectivity index (χ0v) is 14.2. The zero-order valence-electron chi connectivity index (χ0n) is 14.2. The number of morpholine rings is 1. The maximum Gasteiger partial charge on any atom is 0.146 e. The van der Waals surface area contributed by atoms with Gasteiger partial charge in [0.15, 0.2) is 0 Å². The van der Waals surface area contributed by atoms with Crippen LogP contribution < -0.4 is 0 Å². The van der Waals surface area contributed by atoms with Gasteiger partial charge in [-0.25, -0.2) is 9.67 Å². The van der Waals surface area contributed by atoms with Crippen molar-refractivity contribution >= 4 is 0 Å². The molecule has 2 saturated heterocycles. The van der Waals surface area contributed by atoms with Gasteiger partial charge >= 0.3 is 0 Å². The second-order valence-electron chi connectivity index (χ2n) is 6.81. The topological polar surface area (TPSA) is 46.4 Å². The SMILES string of the molecule is C[C@@H]1CN(Cc2ncnn2-c2ccccc2)C[C@@H]1N1CCOCC1. The predicted molar refractivity (Wildman–Crippen MR) is 92.0 cm³/mol. The number of aromatic nitrogens is 3. The van der Waals surface area contributed by atoms with Gasteiger partial charge in [0.05, 0.1) is 25.4 Å². The molecule has 0 spiro atoms. The molecular weight excluding hydrogens is 302 g/mol. The number of rotatable bonds is 4. The third-order valence-corrected chi connectivity index (χ3v) is 5.15. The van der Waals surface area contributed by atoms with E-state index < -0.39 is 0 Å². The third kappa shape index (κ3) is 3.22. The number of hydrogen-bond donors (Lipinski definition) is 0. The molecule has 1 aromatic heterocycles. The number of likely N-dealkylation sites (tertiary alicyclic amines) is 1. The van der Waals surface area contributed by atoms with E-state index in [1.807, 2.05) is 22.9 Å². The molecule has 0 radical (unpaired) electrons. The van der Waals surface area contributed by atoms with Crippen molar-refractivity contribution in [3.63, 3.8) is 0 Å². The van der Waals surface area contributed by atoms with Crippen LogP contribution in [0, 0.1) is 5.92 Å². The molecule has 2 aliphatic rings. The van der Waals surface area contributed by atoms with E-state index >= 15 is 0 Å². The lowest BCUT2D eigenvalue weighted by Crippen LogP contribution is -2.46. The summed E-state index contributed by atoms with van der Waals surface area (Å²) < 4.78 is 7.45. The summed E-state index contributed by atoms with van der Waals surface area (Å²) in [7, 11) is 0. The number of para-hydroxylation sites is 1. The van der Waals surface area contributed by atoms with E-state index in [9.17, 15) is 0 Å². The molecule has 2 aromatic rings. The summed E-state index contributed by atoms with van der Waals surface area (Å²) in [6.45, 7) is 9.28. The Bertz CT molecular complexity index is 652.